The minimum atomic E-state index is 0.208. The van der Waals surface area contributed by atoms with Crippen molar-refractivity contribution < 1.29 is 9.47 Å². The van der Waals surface area contributed by atoms with Crippen molar-refractivity contribution in [1.29, 1.82) is 0 Å². The second-order valence-corrected chi connectivity index (χ2v) is 6.10. The lowest BCUT2D eigenvalue weighted by Gasteiger charge is -2.17. The van der Waals surface area contributed by atoms with Gasteiger partial charge in [0.05, 0.1) is 17.1 Å². The molecule has 0 spiro atoms. The number of thiophene rings is 1. The van der Waals surface area contributed by atoms with E-state index in [1.165, 1.54) is 10.4 Å². The fourth-order valence-corrected chi connectivity index (χ4v) is 3.35. The lowest BCUT2D eigenvalue weighted by molar-refractivity contribution is 0.146. The van der Waals surface area contributed by atoms with Gasteiger partial charge in [-0.15, -0.1) is 11.3 Å². The Morgan fingerprint density at radius 1 is 1.30 bits per heavy atom. The third kappa shape index (κ3) is 3.82. The van der Waals surface area contributed by atoms with Gasteiger partial charge in [0, 0.05) is 12.0 Å². The lowest BCUT2D eigenvalue weighted by Crippen LogP contribution is -2.16. The molecule has 1 heterocycles. The van der Waals surface area contributed by atoms with Crippen LogP contribution in [0, 0.1) is 0 Å². The standard InChI is InChI=1S/C15H18BrNO2S/c1-17-15(14-4-3-9-20-14)11-5-6-13(12(16)10-11)19-8-7-18-2/h3-6,9-10,15,17H,7-8H2,1-2H3. The molecule has 2 aromatic rings. The highest BCUT2D eigenvalue weighted by atomic mass is 79.9. The molecule has 1 N–H and O–H groups in total. The normalized spacial score (nSPS) is 12.3. The van der Waals surface area contributed by atoms with Gasteiger partial charge in [0.2, 0.25) is 0 Å². The average Bonchev–Trinajstić information content (AvgIpc) is 2.96. The second-order valence-electron chi connectivity index (χ2n) is 4.27. The van der Waals surface area contributed by atoms with Gasteiger partial charge in [-0.2, -0.15) is 0 Å². The van der Waals surface area contributed by atoms with Crippen LogP contribution in [0.4, 0.5) is 0 Å². The van der Waals surface area contributed by atoms with E-state index in [1.54, 1.807) is 18.4 Å². The summed E-state index contributed by atoms with van der Waals surface area (Å²) in [6.07, 6.45) is 0. The molecule has 20 heavy (non-hydrogen) atoms. The van der Waals surface area contributed by atoms with Crippen molar-refractivity contribution in [2.75, 3.05) is 27.4 Å². The van der Waals surface area contributed by atoms with Crippen molar-refractivity contribution in [3.63, 3.8) is 0 Å². The Balaban J connectivity index is 2.15. The van der Waals surface area contributed by atoms with Gasteiger partial charge in [-0.25, -0.2) is 0 Å². The molecule has 0 aliphatic carbocycles. The van der Waals surface area contributed by atoms with E-state index in [4.69, 9.17) is 9.47 Å². The summed E-state index contributed by atoms with van der Waals surface area (Å²) >= 11 is 5.32. The summed E-state index contributed by atoms with van der Waals surface area (Å²) in [7, 11) is 3.64. The molecule has 1 aromatic heterocycles. The number of nitrogens with one attached hydrogen (secondary N) is 1. The molecule has 1 unspecified atom stereocenters. The zero-order valence-corrected chi connectivity index (χ0v) is 14.0. The Labute approximate surface area is 132 Å². The molecule has 0 saturated carbocycles. The molecule has 3 nitrogen and oxygen atoms in total. The number of rotatable bonds is 7. The molecule has 0 aliphatic heterocycles. The summed E-state index contributed by atoms with van der Waals surface area (Å²) in [5, 5.41) is 5.44. The first-order valence-corrected chi connectivity index (χ1v) is 8.05. The van der Waals surface area contributed by atoms with Crippen LogP contribution in [-0.4, -0.2) is 27.4 Å². The van der Waals surface area contributed by atoms with Crippen LogP contribution in [0.1, 0.15) is 16.5 Å². The van der Waals surface area contributed by atoms with Crippen molar-refractivity contribution in [3.05, 3.63) is 50.6 Å². The molecular weight excluding hydrogens is 338 g/mol. The predicted octanol–water partition coefficient (Wildman–Crippen LogP) is 3.84. The maximum absolute atomic E-state index is 5.65. The van der Waals surface area contributed by atoms with E-state index in [2.05, 4.69) is 50.9 Å². The maximum Gasteiger partial charge on any atom is 0.133 e. The lowest BCUT2D eigenvalue weighted by atomic mass is 10.1. The van der Waals surface area contributed by atoms with Crippen LogP contribution in [0.3, 0.4) is 0 Å². The van der Waals surface area contributed by atoms with Crippen LogP contribution in [0.25, 0.3) is 0 Å². The average molecular weight is 356 g/mol. The summed E-state index contributed by atoms with van der Waals surface area (Å²) in [5.41, 5.74) is 1.21. The smallest absolute Gasteiger partial charge is 0.133 e. The van der Waals surface area contributed by atoms with Crippen molar-refractivity contribution in [2.45, 2.75) is 6.04 Å². The summed E-state index contributed by atoms with van der Waals surface area (Å²) in [5.74, 6) is 0.840. The molecule has 0 aliphatic rings. The van der Waals surface area contributed by atoms with Crippen molar-refractivity contribution in [2.24, 2.45) is 0 Å². The number of hydrogen-bond acceptors (Lipinski definition) is 4. The van der Waals surface area contributed by atoms with Crippen molar-refractivity contribution >= 4 is 27.3 Å². The van der Waals surface area contributed by atoms with Crippen LogP contribution in [0.5, 0.6) is 5.75 Å². The van der Waals surface area contributed by atoms with Gasteiger partial charge in [-0.1, -0.05) is 12.1 Å². The zero-order chi connectivity index (χ0) is 14.4. The Kier molecular flexibility index (Phi) is 6.04. The van der Waals surface area contributed by atoms with Gasteiger partial charge in [0.1, 0.15) is 12.4 Å². The molecule has 108 valence electrons. The molecule has 1 aromatic carbocycles. The Hall–Kier alpha value is -0.880. The highest BCUT2D eigenvalue weighted by molar-refractivity contribution is 9.10. The molecule has 0 amide bonds. The molecule has 2 rings (SSSR count). The van der Waals surface area contributed by atoms with E-state index in [1.807, 2.05) is 13.1 Å². The van der Waals surface area contributed by atoms with Crippen LogP contribution in [0.2, 0.25) is 0 Å². The Bertz CT molecular complexity index is 531. The quantitative estimate of drug-likeness (QED) is 0.765. The minimum Gasteiger partial charge on any atom is -0.490 e. The number of benzene rings is 1. The van der Waals surface area contributed by atoms with Gasteiger partial charge in [-0.05, 0) is 52.1 Å². The highest BCUT2D eigenvalue weighted by Crippen LogP contribution is 2.32. The fraction of sp³-hybridized carbons (Fsp3) is 0.333. The molecular formula is C15H18BrNO2S. The van der Waals surface area contributed by atoms with E-state index >= 15 is 0 Å². The van der Waals surface area contributed by atoms with Gasteiger partial charge < -0.3 is 14.8 Å². The fourth-order valence-electron chi connectivity index (χ4n) is 1.98. The summed E-state index contributed by atoms with van der Waals surface area (Å²) in [4.78, 5) is 1.30. The highest BCUT2D eigenvalue weighted by Gasteiger charge is 2.14. The number of halogens is 1. The van der Waals surface area contributed by atoms with Gasteiger partial charge in [-0.3, -0.25) is 0 Å². The maximum atomic E-state index is 5.65. The molecule has 0 radical (unpaired) electrons. The second kappa shape index (κ2) is 7.78. The van der Waals surface area contributed by atoms with Crippen LogP contribution >= 0.6 is 27.3 Å². The van der Waals surface area contributed by atoms with E-state index < -0.39 is 0 Å². The molecule has 1 atom stereocenters. The molecule has 0 saturated heterocycles. The molecule has 0 bridgehead atoms. The largest absolute Gasteiger partial charge is 0.490 e. The van der Waals surface area contributed by atoms with Gasteiger partial charge in [0.25, 0.3) is 0 Å². The number of ether oxygens (including phenoxy) is 2. The Morgan fingerprint density at radius 2 is 2.15 bits per heavy atom. The molecule has 0 fully saturated rings. The number of methoxy groups -OCH3 is 1. The molecule has 5 heteroatoms. The van der Waals surface area contributed by atoms with Crippen molar-refractivity contribution in [3.8, 4) is 5.75 Å². The Morgan fingerprint density at radius 3 is 2.75 bits per heavy atom. The summed E-state index contributed by atoms with van der Waals surface area (Å²) in [6.45, 7) is 1.14. The first kappa shape index (κ1) is 15.5. The number of hydrogen-bond donors (Lipinski definition) is 1. The van der Waals surface area contributed by atoms with Gasteiger partial charge in [0.15, 0.2) is 0 Å². The third-order valence-corrected chi connectivity index (χ3v) is 4.51. The first-order chi connectivity index (χ1) is 9.76. The van der Waals surface area contributed by atoms with Crippen molar-refractivity contribution in [1.82, 2.24) is 5.32 Å². The van der Waals surface area contributed by atoms with E-state index in [9.17, 15) is 0 Å². The van der Waals surface area contributed by atoms with Crippen LogP contribution in [0.15, 0.2) is 40.2 Å². The van der Waals surface area contributed by atoms with E-state index in [-0.39, 0.29) is 6.04 Å². The van der Waals surface area contributed by atoms with Crippen LogP contribution < -0.4 is 10.1 Å². The summed E-state index contributed by atoms with van der Waals surface area (Å²) < 4.78 is 11.6. The zero-order valence-electron chi connectivity index (χ0n) is 11.6. The SMILES string of the molecule is CNC(c1ccc(OCCOC)c(Br)c1)c1cccs1. The third-order valence-electron chi connectivity index (χ3n) is 2.95. The predicted molar refractivity (Wildman–Crippen MR) is 86.7 cm³/mol. The minimum absolute atomic E-state index is 0.208. The first-order valence-electron chi connectivity index (χ1n) is 6.38. The monoisotopic (exact) mass is 355 g/mol. The van der Waals surface area contributed by atoms with E-state index in [0.29, 0.717) is 13.2 Å². The van der Waals surface area contributed by atoms with Crippen LogP contribution in [-0.2, 0) is 4.74 Å². The summed E-state index contributed by atoms with van der Waals surface area (Å²) in [6, 6.07) is 10.6. The van der Waals surface area contributed by atoms with Gasteiger partial charge >= 0.3 is 0 Å². The topological polar surface area (TPSA) is 30.5 Å². The van der Waals surface area contributed by atoms with E-state index in [0.717, 1.165) is 10.2 Å².